The molecule has 3 nitrogen and oxygen atoms in total. The van der Waals surface area contributed by atoms with E-state index in [1.165, 1.54) is 31.2 Å². The summed E-state index contributed by atoms with van der Waals surface area (Å²) < 4.78 is 5.19. The van der Waals surface area contributed by atoms with E-state index in [-0.39, 0.29) is 0 Å². The maximum Gasteiger partial charge on any atom is 0.136 e. The molecule has 0 saturated heterocycles. The van der Waals surface area contributed by atoms with Crippen LogP contribution in [-0.4, -0.2) is 25.1 Å². The number of methoxy groups -OCH3 is 1. The van der Waals surface area contributed by atoms with Gasteiger partial charge in [0.2, 0.25) is 0 Å². The first-order valence-electron chi connectivity index (χ1n) is 7.41. The summed E-state index contributed by atoms with van der Waals surface area (Å²) in [5, 5.41) is 9.14. The lowest BCUT2D eigenvalue weighted by Gasteiger charge is -2.33. The van der Waals surface area contributed by atoms with Crippen LogP contribution in [0.3, 0.4) is 0 Å². The molecule has 0 spiro atoms. The summed E-state index contributed by atoms with van der Waals surface area (Å²) in [6.45, 7) is 3.25. The first kappa shape index (κ1) is 14.9. The summed E-state index contributed by atoms with van der Waals surface area (Å²) in [7, 11) is 3.79. The fraction of sp³-hybridized carbons (Fsp3) is 0.588. The average molecular weight is 272 g/mol. The lowest BCUT2D eigenvalue weighted by molar-refractivity contribution is 0.164. The molecule has 1 aromatic carbocycles. The molecule has 0 aliphatic heterocycles. The number of hydrogen-bond acceptors (Lipinski definition) is 3. The molecule has 1 aromatic rings. The molecule has 1 fully saturated rings. The van der Waals surface area contributed by atoms with E-state index < -0.39 is 0 Å². The molecule has 0 atom stereocenters. The third-order valence-electron chi connectivity index (χ3n) is 4.43. The first-order valence-corrected chi connectivity index (χ1v) is 7.41. The molecule has 20 heavy (non-hydrogen) atoms. The van der Waals surface area contributed by atoms with Gasteiger partial charge in [-0.2, -0.15) is 5.26 Å². The van der Waals surface area contributed by atoms with Crippen LogP contribution in [0.2, 0.25) is 0 Å². The highest BCUT2D eigenvalue weighted by atomic mass is 16.5. The van der Waals surface area contributed by atoms with Gasteiger partial charge in [-0.3, -0.25) is 4.90 Å². The second kappa shape index (κ2) is 6.76. The minimum absolute atomic E-state index is 0.621. The van der Waals surface area contributed by atoms with Crippen molar-refractivity contribution in [1.82, 2.24) is 4.90 Å². The molecule has 1 saturated carbocycles. The fourth-order valence-electron chi connectivity index (χ4n) is 3.04. The van der Waals surface area contributed by atoms with Crippen molar-refractivity contribution in [2.45, 2.75) is 45.2 Å². The van der Waals surface area contributed by atoms with Crippen LogP contribution in [0.15, 0.2) is 18.2 Å². The molecule has 0 amide bonds. The van der Waals surface area contributed by atoms with E-state index in [1.54, 1.807) is 7.11 Å². The largest absolute Gasteiger partial charge is 0.495 e. The van der Waals surface area contributed by atoms with Crippen molar-refractivity contribution in [3.8, 4) is 11.8 Å². The van der Waals surface area contributed by atoms with Gasteiger partial charge in [0.25, 0.3) is 0 Å². The summed E-state index contributed by atoms with van der Waals surface area (Å²) in [6.07, 6.45) is 5.25. The van der Waals surface area contributed by atoms with E-state index in [4.69, 9.17) is 10.00 Å². The van der Waals surface area contributed by atoms with Gasteiger partial charge in [-0.05, 0) is 56.3 Å². The van der Waals surface area contributed by atoms with Gasteiger partial charge < -0.3 is 4.74 Å². The molecule has 0 heterocycles. The molecule has 0 radical (unpaired) electrons. The molecule has 0 unspecified atom stereocenters. The second-order valence-electron chi connectivity index (χ2n) is 5.98. The zero-order valence-electron chi connectivity index (χ0n) is 12.7. The molecule has 1 aliphatic rings. The number of ether oxygens (including phenoxy) is 1. The highest BCUT2D eigenvalue weighted by Gasteiger charge is 2.21. The molecule has 2 rings (SSSR count). The van der Waals surface area contributed by atoms with Crippen LogP contribution in [0, 0.1) is 17.2 Å². The normalized spacial score (nSPS) is 22.6. The minimum Gasteiger partial charge on any atom is -0.495 e. The predicted molar refractivity (Wildman–Crippen MR) is 80.6 cm³/mol. The molecule has 0 N–H and O–H groups in total. The Bertz CT molecular complexity index is 484. The first-order chi connectivity index (χ1) is 9.63. The SMILES string of the molecule is COc1ccc(CN(C)C2CCC(C)CC2)cc1C#N. The van der Waals surface area contributed by atoms with Gasteiger partial charge in [-0.25, -0.2) is 0 Å². The van der Waals surface area contributed by atoms with Crippen LogP contribution in [0.4, 0.5) is 0 Å². The quantitative estimate of drug-likeness (QED) is 0.840. The van der Waals surface area contributed by atoms with Crippen molar-refractivity contribution in [1.29, 1.82) is 5.26 Å². The van der Waals surface area contributed by atoms with E-state index in [9.17, 15) is 0 Å². The number of benzene rings is 1. The topological polar surface area (TPSA) is 36.3 Å². The maximum absolute atomic E-state index is 9.14. The molecule has 3 heteroatoms. The third-order valence-corrected chi connectivity index (χ3v) is 4.43. The Kier molecular flexibility index (Phi) is 5.03. The van der Waals surface area contributed by atoms with Crippen molar-refractivity contribution in [2.24, 2.45) is 5.92 Å². The van der Waals surface area contributed by atoms with Crippen molar-refractivity contribution in [2.75, 3.05) is 14.2 Å². The monoisotopic (exact) mass is 272 g/mol. The van der Waals surface area contributed by atoms with Crippen molar-refractivity contribution in [3.63, 3.8) is 0 Å². The number of rotatable bonds is 4. The molecule has 0 aromatic heterocycles. The van der Waals surface area contributed by atoms with Gasteiger partial charge in [0.1, 0.15) is 11.8 Å². The lowest BCUT2D eigenvalue weighted by atomic mass is 9.86. The standard InChI is InChI=1S/C17H24N2O/c1-13-4-7-16(8-5-13)19(2)12-14-6-9-17(20-3)15(10-14)11-18/h6,9-10,13,16H,4-5,7-8,12H2,1-3H3. The highest BCUT2D eigenvalue weighted by Crippen LogP contribution is 2.27. The Labute approximate surface area is 122 Å². The number of nitrogens with zero attached hydrogens (tertiary/aromatic N) is 2. The second-order valence-corrected chi connectivity index (χ2v) is 5.98. The summed E-state index contributed by atoms with van der Waals surface area (Å²) in [5.74, 6) is 1.54. The molecular formula is C17H24N2O. The Morgan fingerprint density at radius 2 is 2.00 bits per heavy atom. The third kappa shape index (κ3) is 3.52. The van der Waals surface area contributed by atoms with E-state index in [1.807, 2.05) is 12.1 Å². The lowest BCUT2D eigenvalue weighted by Crippen LogP contribution is -2.34. The number of nitriles is 1. The van der Waals surface area contributed by atoms with Crippen LogP contribution in [-0.2, 0) is 6.54 Å². The summed E-state index contributed by atoms with van der Waals surface area (Å²) in [5.41, 5.74) is 1.80. The van der Waals surface area contributed by atoms with Gasteiger partial charge in [0.05, 0.1) is 12.7 Å². The summed E-state index contributed by atoms with van der Waals surface area (Å²) >= 11 is 0. The van der Waals surface area contributed by atoms with Crippen molar-refractivity contribution < 1.29 is 4.74 Å². The Morgan fingerprint density at radius 3 is 2.60 bits per heavy atom. The van der Waals surface area contributed by atoms with E-state index in [0.29, 0.717) is 17.4 Å². The van der Waals surface area contributed by atoms with Crippen LogP contribution in [0.25, 0.3) is 0 Å². The average Bonchev–Trinajstić information content (AvgIpc) is 2.47. The maximum atomic E-state index is 9.14. The van der Waals surface area contributed by atoms with E-state index in [0.717, 1.165) is 12.5 Å². The smallest absolute Gasteiger partial charge is 0.136 e. The number of hydrogen-bond donors (Lipinski definition) is 0. The Hall–Kier alpha value is -1.53. The molecule has 0 bridgehead atoms. The van der Waals surface area contributed by atoms with Gasteiger partial charge in [-0.1, -0.05) is 13.0 Å². The fourth-order valence-corrected chi connectivity index (χ4v) is 3.04. The van der Waals surface area contributed by atoms with Crippen molar-refractivity contribution >= 4 is 0 Å². The zero-order chi connectivity index (χ0) is 14.5. The van der Waals surface area contributed by atoms with Crippen LogP contribution < -0.4 is 4.74 Å². The Morgan fingerprint density at radius 1 is 1.30 bits per heavy atom. The van der Waals surface area contributed by atoms with Crippen LogP contribution in [0.1, 0.15) is 43.7 Å². The molecular weight excluding hydrogens is 248 g/mol. The van der Waals surface area contributed by atoms with E-state index in [2.05, 4.69) is 31.0 Å². The Balaban J connectivity index is 2.01. The van der Waals surface area contributed by atoms with Crippen LogP contribution >= 0.6 is 0 Å². The zero-order valence-corrected chi connectivity index (χ0v) is 12.7. The molecule has 1 aliphatic carbocycles. The summed E-state index contributed by atoms with van der Waals surface area (Å²) in [6, 6.07) is 8.78. The predicted octanol–water partition coefficient (Wildman–Crippen LogP) is 3.58. The molecule has 108 valence electrons. The summed E-state index contributed by atoms with van der Waals surface area (Å²) in [4.78, 5) is 2.43. The van der Waals surface area contributed by atoms with Gasteiger partial charge in [0.15, 0.2) is 0 Å². The van der Waals surface area contributed by atoms with Crippen LogP contribution in [0.5, 0.6) is 5.75 Å². The van der Waals surface area contributed by atoms with Gasteiger partial charge >= 0.3 is 0 Å². The van der Waals surface area contributed by atoms with Gasteiger partial charge in [-0.15, -0.1) is 0 Å². The van der Waals surface area contributed by atoms with E-state index >= 15 is 0 Å². The highest BCUT2D eigenvalue weighted by molar-refractivity contribution is 5.45. The van der Waals surface area contributed by atoms with Crippen molar-refractivity contribution in [3.05, 3.63) is 29.3 Å². The minimum atomic E-state index is 0.621. The van der Waals surface area contributed by atoms with Gasteiger partial charge in [0, 0.05) is 12.6 Å².